The molecule has 0 radical (unpaired) electrons. The molecule has 0 aliphatic carbocycles. The molecule has 0 bridgehead atoms. The molecule has 7 nitrogen and oxygen atoms in total. The molecule has 178 valence electrons. The van der Waals surface area contributed by atoms with E-state index in [2.05, 4.69) is 15.3 Å². The summed E-state index contributed by atoms with van der Waals surface area (Å²) < 4.78 is 48.4. The van der Waals surface area contributed by atoms with Crippen LogP contribution < -0.4 is 5.32 Å². The number of alkyl halides is 3. The lowest BCUT2D eigenvalue weighted by Gasteiger charge is -2.35. The Hall–Kier alpha value is -3.24. The Balaban J connectivity index is 1.39. The molecule has 2 aromatic heterocycles. The van der Waals surface area contributed by atoms with Crippen LogP contribution in [0.5, 0.6) is 0 Å². The number of carbonyl (C=O) groups excluding carboxylic acids is 1. The first-order valence-corrected chi connectivity index (χ1v) is 11.0. The summed E-state index contributed by atoms with van der Waals surface area (Å²) in [7, 11) is 0. The van der Waals surface area contributed by atoms with Crippen molar-refractivity contribution in [3.8, 4) is 5.82 Å². The van der Waals surface area contributed by atoms with Gasteiger partial charge >= 0.3 is 12.1 Å². The molecule has 1 aromatic carbocycles. The zero-order valence-electron chi connectivity index (χ0n) is 18.8. The number of cyclic esters (lactones) is 1. The standard InChI is InChI=1S/C24H24F3N5O2/c1-14-9-32(13-30-14)22-7-20(24(25,26)27)16(8-29-22)10-31-6-5-28-21(11-31)17-3-4-18-19(15(17)2)12-34-23(18)33/h3-4,7-9,13,21,28H,5-6,10-12H2,1-2H3. The SMILES string of the molecule is Cc1cn(-c2cc(C(F)(F)F)c(CN3CCNC(c4ccc5c(c4C)COC5=O)C3)cn2)cn1. The maximum Gasteiger partial charge on any atom is 0.416 e. The number of aryl methyl sites for hydroxylation is 1. The van der Waals surface area contributed by atoms with Gasteiger partial charge in [0.05, 0.1) is 16.8 Å². The number of nitrogens with one attached hydrogen (secondary N) is 1. The van der Waals surface area contributed by atoms with E-state index in [0.717, 1.165) is 22.8 Å². The molecule has 1 fully saturated rings. The number of pyridine rings is 1. The quantitative estimate of drug-likeness (QED) is 0.585. The Morgan fingerprint density at radius 2 is 2.06 bits per heavy atom. The van der Waals surface area contributed by atoms with Crippen molar-refractivity contribution >= 4 is 5.97 Å². The Bertz CT molecular complexity index is 1250. The lowest BCUT2D eigenvalue weighted by molar-refractivity contribution is -0.138. The highest BCUT2D eigenvalue weighted by atomic mass is 19.4. The van der Waals surface area contributed by atoms with Crippen LogP contribution in [-0.4, -0.2) is 45.0 Å². The van der Waals surface area contributed by atoms with E-state index in [-0.39, 0.29) is 36.5 Å². The minimum atomic E-state index is -4.50. The first kappa shape index (κ1) is 22.5. The molecule has 0 saturated carbocycles. The molecule has 2 aliphatic heterocycles. The number of esters is 1. The molecule has 34 heavy (non-hydrogen) atoms. The number of benzene rings is 1. The number of ether oxygens (including phenoxy) is 1. The molecule has 1 N–H and O–H groups in total. The number of rotatable bonds is 4. The Morgan fingerprint density at radius 1 is 1.24 bits per heavy atom. The van der Waals surface area contributed by atoms with Gasteiger partial charge in [0.25, 0.3) is 0 Å². The Labute approximate surface area is 194 Å². The molecular formula is C24H24F3N5O2. The molecule has 10 heteroatoms. The fourth-order valence-electron chi connectivity index (χ4n) is 4.70. The van der Waals surface area contributed by atoms with E-state index in [0.29, 0.717) is 30.9 Å². The highest BCUT2D eigenvalue weighted by Gasteiger charge is 2.35. The van der Waals surface area contributed by atoms with E-state index in [1.54, 1.807) is 19.2 Å². The number of hydrogen-bond acceptors (Lipinski definition) is 6. The summed E-state index contributed by atoms with van der Waals surface area (Å²) in [6.45, 7) is 5.90. The summed E-state index contributed by atoms with van der Waals surface area (Å²) in [4.78, 5) is 22.2. The highest BCUT2D eigenvalue weighted by Crippen LogP contribution is 2.34. The van der Waals surface area contributed by atoms with Gasteiger partial charge in [-0.05, 0) is 42.7 Å². The van der Waals surface area contributed by atoms with Gasteiger partial charge in [0.15, 0.2) is 0 Å². The zero-order valence-corrected chi connectivity index (χ0v) is 18.8. The van der Waals surface area contributed by atoms with Crippen molar-refractivity contribution in [3.63, 3.8) is 0 Å². The van der Waals surface area contributed by atoms with Crippen molar-refractivity contribution < 1.29 is 22.7 Å². The second kappa shape index (κ2) is 8.52. The van der Waals surface area contributed by atoms with Crippen LogP contribution in [0.15, 0.2) is 36.9 Å². The number of fused-ring (bicyclic) bond motifs is 1. The Kier molecular flexibility index (Phi) is 5.65. The minimum Gasteiger partial charge on any atom is -0.457 e. The predicted octanol–water partition coefficient (Wildman–Crippen LogP) is 3.72. The number of aromatic nitrogens is 3. The minimum absolute atomic E-state index is 0.0646. The fourth-order valence-corrected chi connectivity index (χ4v) is 4.70. The lowest BCUT2D eigenvalue weighted by atomic mass is 9.93. The monoisotopic (exact) mass is 471 g/mol. The second-order valence-electron chi connectivity index (χ2n) is 8.74. The third-order valence-corrected chi connectivity index (χ3v) is 6.49. The molecule has 5 rings (SSSR count). The van der Waals surface area contributed by atoms with Crippen LogP contribution in [0.4, 0.5) is 13.2 Å². The predicted molar refractivity (Wildman–Crippen MR) is 117 cm³/mol. The first-order chi connectivity index (χ1) is 16.2. The highest BCUT2D eigenvalue weighted by molar-refractivity contribution is 5.94. The molecule has 2 aliphatic rings. The van der Waals surface area contributed by atoms with E-state index in [9.17, 15) is 18.0 Å². The van der Waals surface area contributed by atoms with Crippen LogP contribution in [0, 0.1) is 13.8 Å². The zero-order chi connectivity index (χ0) is 24.0. The number of piperazine rings is 1. The van der Waals surface area contributed by atoms with Crippen molar-refractivity contribution in [1.29, 1.82) is 0 Å². The van der Waals surface area contributed by atoms with Crippen LogP contribution in [0.3, 0.4) is 0 Å². The summed E-state index contributed by atoms with van der Waals surface area (Å²) in [5.74, 6) is -0.134. The third kappa shape index (κ3) is 4.19. The van der Waals surface area contributed by atoms with Gasteiger partial charge in [0.1, 0.15) is 18.8 Å². The average Bonchev–Trinajstić information content (AvgIpc) is 3.40. The van der Waals surface area contributed by atoms with Gasteiger partial charge in [-0.3, -0.25) is 9.47 Å². The van der Waals surface area contributed by atoms with E-state index < -0.39 is 11.7 Å². The molecule has 0 amide bonds. The molecular weight excluding hydrogens is 447 g/mol. The third-order valence-electron chi connectivity index (χ3n) is 6.49. The van der Waals surface area contributed by atoms with Crippen molar-refractivity contribution in [2.24, 2.45) is 0 Å². The maximum absolute atomic E-state index is 13.9. The van der Waals surface area contributed by atoms with Crippen molar-refractivity contribution in [3.05, 3.63) is 76.0 Å². The van der Waals surface area contributed by atoms with Crippen molar-refractivity contribution in [2.45, 2.75) is 39.2 Å². The fraction of sp³-hybridized carbons (Fsp3) is 0.375. The normalized spacial score (nSPS) is 18.7. The number of nitrogens with zero attached hydrogens (tertiary/aromatic N) is 4. The van der Waals surface area contributed by atoms with Gasteiger partial charge in [-0.1, -0.05) is 6.07 Å². The molecule has 3 aromatic rings. The van der Waals surface area contributed by atoms with E-state index >= 15 is 0 Å². The molecule has 1 atom stereocenters. The number of carbonyl (C=O) groups is 1. The summed E-state index contributed by atoms with van der Waals surface area (Å²) >= 11 is 0. The van der Waals surface area contributed by atoms with Gasteiger partial charge < -0.3 is 10.1 Å². The maximum atomic E-state index is 13.9. The van der Waals surface area contributed by atoms with E-state index in [1.165, 1.54) is 17.1 Å². The first-order valence-electron chi connectivity index (χ1n) is 11.0. The van der Waals surface area contributed by atoms with Crippen LogP contribution in [0.25, 0.3) is 5.82 Å². The molecule has 4 heterocycles. The van der Waals surface area contributed by atoms with Crippen molar-refractivity contribution in [2.75, 3.05) is 19.6 Å². The van der Waals surface area contributed by atoms with Gasteiger partial charge in [-0.15, -0.1) is 0 Å². The molecule has 1 saturated heterocycles. The van der Waals surface area contributed by atoms with Crippen LogP contribution in [0.1, 0.15) is 49.9 Å². The topological polar surface area (TPSA) is 72.3 Å². The average molecular weight is 471 g/mol. The van der Waals surface area contributed by atoms with Crippen LogP contribution in [-0.2, 0) is 24.1 Å². The van der Waals surface area contributed by atoms with E-state index in [4.69, 9.17) is 4.74 Å². The van der Waals surface area contributed by atoms with Gasteiger partial charge in [-0.25, -0.2) is 14.8 Å². The summed E-state index contributed by atoms with van der Waals surface area (Å²) in [5, 5.41) is 3.46. The van der Waals surface area contributed by atoms with Gasteiger partial charge in [-0.2, -0.15) is 13.2 Å². The summed E-state index contributed by atoms with van der Waals surface area (Å²) in [6.07, 6.45) is -0.0934. The van der Waals surface area contributed by atoms with E-state index in [1.807, 2.05) is 17.9 Å². The Morgan fingerprint density at radius 3 is 2.79 bits per heavy atom. The lowest BCUT2D eigenvalue weighted by Crippen LogP contribution is -2.45. The second-order valence-corrected chi connectivity index (χ2v) is 8.74. The number of imidazole rings is 1. The largest absolute Gasteiger partial charge is 0.457 e. The van der Waals surface area contributed by atoms with Gasteiger partial charge in [0.2, 0.25) is 0 Å². The molecule has 0 spiro atoms. The molecule has 1 unspecified atom stereocenters. The summed E-state index contributed by atoms with van der Waals surface area (Å²) in [6, 6.07) is 4.70. The van der Waals surface area contributed by atoms with Crippen LogP contribution >= 0.6 is 0 Å². The number of hydrogen-bond donors (Lipinski definition) is 1. The number of halogens is 3. The van der Waals surface area contributed by atoms with Gasteiger partial charge in [0, 0.05) is 50.2 Å². The smallest absolute Gasteiger partial charge is 0.416 e. The summed E-state index contributed by atoms with van der Waals surface area (Å²) in [5.41, 5.74) is 3.63. The van der Waals surface area contributed by atoms with Crippen molar-refractivity contribution in [1.82, 2.24) is 24.8 Å². The van der Waals surface area contributed by atoms with Crippen LogP contribution in [0.2, 0.25) is 0 Å².